The van der Waals surface area contributed by atoms with Crippen LogP contribution in [0.3, 0.4) is 0 Å². The standard InChI is InChI=1S/C19H23N3O5/c1-25-15-8-13(9-16(26-2)18(15)27-3)19(24)20-6-7-22-11-21-14(10-17(22)23)12-4-5-12/h8-12H,4-7H2,1-3H3,(H,20,24). The van der Waals surface area contributed by atoms with Gasteiger partial charge in [-0.25, -0.2) is 4.98 Å². The summed E-state index contributed by atoms with van der Waals surface area (Å²) in [6, 6.07) is 4.74. The summed E-state index contributed by atoms with van der Waals surface area (Å²) in [6.07, 6.45) is 3.74. The molecule has 8 nitrogen and oxygen atoms in total. The van der Waals surface area contributed by atoms with Crippen molar-refractivity contribution in [2.75, 3.05) is 27.9 Å². The van der Waals surface area contributed by atoms with Crippen molar-refractivity contribution in [1.29, 1.82) is 0 Å². The predicted molar refractivity (Wildman–Crippen MR) is 98.9 cm³/mol. The Morgan fingerprint density at radius 2 is 1.81 bits per heavy atom. The van der Waals surface area contributed by atoms with Gasteiger partial charge in [-0.15, -0.1) is 0 Å². The number of ether oxygens (including phenoxy) is 3. The zero-order valence-electron chi connectivity index (χ0n) is 15.7. The van der Waals surface area contributed by atoms with E-state index in [4.69, 9.17) is 14.2 Å². The van der Waals surface area contributed by atoms with Gasteiger partial charge in [-0.1, -0.05) is 0 Å². The topological polar surface area (TPSA) is 91.7 Å². The van der Waals surface area contributed by atoms with Crippen LogP contribution in [0.5, 0.6) is 17.2 Å². The number of aromatic nitrogens is 2. The van der Waals surface area contributed by atoms with Gasteiger partial charge in [0.15, 0.2) is 11.5 Å². The van der Waals surface area contributed by atoms with Gasteiger partial charge in [-0.2, -0.15) is 0 Å². The number of hydrogen-bond acceptors (Lipinski definition) is 6. The highest BCUT2D eigenvalue weighted by molar-refractivity contribution is 5.95. The average Bonchev–Trinajstić information content (AvgIpc) is 3.53. The summed E-state index contributed by atoms with van der Waals surface area (Å²) in [5, 5.41) is 2.79. The molecule has 0 aliphatic heterocycles. The summed E-state index contributed by atoms with van der Waals surface area (Å²) in [7, 11) is 4.48. The van der Waals surface area contributed by atoms with E-state index in [1.54, 1.807) is 24.5 Å². The monoisotopic (exact) mass is 373 g/mol. The number of benzene rings is 1. The summed E-state index contributed by atoms with van der Waals surface area (Å²) in [4.78, 5) is 28.9. The number of nitrogens with one attached hydrogen (secondary N) is 1. The van der Waals surface area contributed by atoms with E-state index in [1.165, 1.54) is 25.9 Å². The minimum Gasteiger partial charge on any atom is -0.493 e. The number of rotatable bonds is 8. The van der Waals surface area contributed by atoms with Gasteiger partial charge in [0.25, 0.3) is 11.5 Å². The molecule has 1 aliphatic rings. The summed E-state index contributed by atoms with van der Waals surface area (Å²) in [5.41, 5.74) is 1.13. The average molecular weight is 373 g/mol. The molecular formula is C19H23N3O5. The van der Waals surface area contributed by atoms with E-state index in [0.29, 0.717) is 41.8 Å². The van der Waals surface area contributed by atoms with E-state index < -0.39 is 0 Å². The third-order valence-electron chi connectivity index (χ3n) is 4.46. The number of carbonyl (C=O) groups is 1. The first-order valence-electron chi connectivity index (χ1n) is 8.72. The Morgan fingerprint density at radius 3 is 2.33 bits per heavy atom. The largest absolute Gasteiger partial charge is 0.493 e. The van der Waals surface area contributed by atoms with Crippen LogP contribution in [0.1, 0.15) is 34.8 Å². The SMILES string of the molecule is COc1cc(C(=O)NCCn2cnc(C3CC3)cc2=O)cc(OC)c1OC. The molecule has 8 heteroatoms. The predicted octanol–water partition coefficient (Wildman–Crippen LogP) is 1.58. The molecule has 1 fully saturated rings. The van der Waals surface area contributed by atoms with Gasteiger partial charge < -0.3 is 19.5 Å². The highest BCUT2D eigenvalue weighted by Gasteiger charge is 2.25. The van der Waals surface area contributed by atoms with Gasteiger partial charge in [0.2, 0.25) is 5.75 Å². The molecule has 1 aromatic carbocycles. The zero-order chi connectivity index (χ0) is 19.4. The van der Waals surface area contributed by atoms with Gasteiger partial charge >= 0.3 is 0 Å². The normalized spacial score (nSPS) is 13.1. The molecule has 2 aromatic rings. The zero-order valence-corrected chi connectivity index (χ0v) is 15.7. The maximum absolute atomic E-state index is 12.4. The number of methoxy groups -OCH3 is 3. The molecule has 144 valence electrons. The molecule has 0 bridgehead atoms. The van der Waals surface area contributed by atoms with Crippen molar-refractivity contribution in [1.82, 2.24) is 14.9 Å². The molecular weight excluding hydrogens is 350 g/mol. The van der Waals surface area contributed by atoms with Crippen LogP contribution in [0.2, 0.25) is 0 Å². The van der Waals surface area contributed by atoms with Crippen LogP contribution >= 0.6 is 0 Å². The Kier molecular flexibility index (Phi) is 5.63. The lowest BCUT2D eigenvalue weighted by molar-refractivity contribution is 0.0951. The molecule has 1 aromatic heterocycles. The van der Waals surface area contributed by atoms with Crippen molar-refractivity contribution in [3.05, 3.63) is 46.1 Å². The summed E-state index contributed by atoms with van der Waals surface area (Å²) >= 11 is 0. The molecule has 0 spiro atoms. The first kappa shape index (κ1) is 18.8. The summed E-state index contributed by atoms with van der Waals surface area (Å²) < 4.78 is 17.2. The summed E-state index contributed by atoms with van der Waals surface area (Å²) in [5.74, 6) is 1.36. The van der Waals surface area contributed by atoms with Gasteiger partial charge in [0.05, 0.1) is 33.4 Å². The number of hydrogen-bond donors (Lipinski definition) is 1. The van der Waals surface area contributed by atoms with E-state index in [2.05, 4.69) is 10.3 Å². The molecule has 1 saturated carbocycles. The van der Waals surface area contributed by atoms with Crippen molar-refractivity contribution in [2.45, 2.75) is 25.3 Å². The van der Waals surface area contributed by atoms with Crippen molar-refractivity contribution in [3.8, 4) is 17.2 Å². The van der Waals surface area contributed by atoms with Gasteiger partial charge in [0.1, 0.15) is 0 Å². The second kappa shape index (κ2) is 8.11. The van der Waals surface area contributed by atoms with Crippen LogP contribution in [-0.4, -0.2) is 43.3 Å². The van der Waals surface area contributed by atoms with Crippen molar-refractivity contribution >= 4 is 5.91 Å². The maximum Gasteiger partial charge on any atom is 0.253 e. The lowest BCUT2D eigenvalue weighted by Crippen LogP contribution is -2.31. The van der Waals surface area contributed by atoms with Crippen LogP contribution in [0, 0.1) is 0 Å². The van der Waals surface area contributed by atoms with Crippen LogP contribution in [0.4, 0.5) is 0 Å². The number of nitrogens with zero attached hydrogens (tertiary/aromatic N) is 2. The highest BCUT2D eigenvalue weighted by Crippen LogP contribution is 2.38. The minimum atomic E-state index is -0.301. The van der Waals surface area contributed by atoms with Crippen LogP contribution in [0.15, 0.2) is 29.3 Å². The quantitative estimate of drug-likeness (QED) is 0.755. The highest BCUT2D eigenvalue weighted by atomic mass is 16.5. The van der Waals surface area contributed by atoms with Crippen LogP contribution < -0.4 is 25.1 Å². The molecule has 27 heavy (non-hydrogen) atoms. The molecule has 1 N–H and O–H groups in total. The molecule has 3 rings (SSSR count). The van der Waals surface area contributed by atoms with E-state index in [-0.39, 0.29) is 11.5 Å². The van der Waals surface area contributed by atoms with E-state index in [1.807, 2.05) is 0 Å². The van der Waals surface area contributed by atoms with Crippen LogP contribution in [0.25, 0.3) is 0 Å². The number of carbonyl (C=O) groups excluding carboxylic acids is 1. The fraction of sp³-hybridized carbons (Fsp3) is 0.421. The van der Waals surface area contributed by atoms with Crippen molar-refractivity contribution in [2.24, 2.45) is 0 Å². The third kappa shape index (κ3) is 4.21. The first-order chi connectivity index (χ1) is 13.1. The maximum atomic E-state index is 12.4. The second-order valence-corrected chi connectivity index (χ2v) is 6.29. The van der Waals surface area contributed by atoms with Gasteiger partial charge in [-0.3, -0.25) is 14.2 Å². The Balaban J connectivity index is 1.65. The fourth-order valence-corrected chi connectivity index (χ4v) is 2.81. The number of amides is 1. The van der Waals surface area contributed by atoms with Gasteiger partial charge in [0, 0.05) is 30.6 Å². The first-order valence-corrected chi connectivity index (χ1v) is 8.72. The van der Waals surface area contributed by atoms with E-state index >= 15 is 0 Å². The molecule has 1 aliphatic carbocycles. The second-order valence-electron chi connectivity index (χ2n) is 6.29. The van der Waals surface area contributed by atoms with E-state index in [9.17, 15) is 9.59 Å². The third-order valence-corrected chi connectivity index (χ3v) is 4.46. The Bertz CT molecular complexity index is 864. The Hall–Kier alpha value is -3.03. The lowest BCUT2D eigenvalue weighted by Gasteiger charge is -2.14. The Labute approximate surface area is 157 Å². The Morgan fingerprint density at radius 1 is 1.15 bits per heavy atom. The fourth-order valence-electron chi connectivity index (χ4n) is 2.81. The molecule has 1 heterocycles. The van der Waals surface area contributed by atoms with E-state index in [0.717, 1.165) is 18.5 Å². The van der Waals surface area contributed by atoms with Crippen LogP contribution in [-0.2, 0) is 6.54 Å². The van der Waals surface area contributed by atoms with Crippen molar-refractivity contribution in [3.63, 3.8) is 0 Å². The molecule has 1 amide bonds. The molecule has 0 radical (unpaired) electrons. The summed E-state index contributed by atoms with van der Waals surface area (Å²) in [6.45, 7) is 0.632. The van der Waals surface area contributed by atoms with Gasteiger partial charge in [-0.05, 0) is 25.0 Å². The molecule has 0 saturated heterocycles. The smallest absolute Gasteiger partial charge is 0.253 e. The molecule has 0 atom stereocenters. The lowest BCUT2D eigenvalue weighted by atomic mass is 10.1. The van der Waals surface area contributed by atoms with Crippen molar-refractivity contribution < 1.29 is 19.0 Å². The molecule has 0 unspecified atom stereocenters. The minimum absolute atomic E-state index is 0.103.